The summed E-state index contributed by atoms with van der Waals surface area (Å²) in [5.74, 6) is 0.991. The lowest BCUT2D eigenvalue weighted by Gasteiger charge is -2.14. The predicted octanol–water partition coefficient (Wildman–Crippen LogP) is 2.40. The Bertz CT molecular complexity index is 349. The van der Waals surface area contributed by atoms with E-state index in [0.29, 0.717) is 0 Å². The molecule has 1 rings (SSSR count). The van der Waals surface area contributed by atoms with Gasteiger partial charge in [-0.05, 0) is 38.4 Å². The quantitative estimate of drug-likeness (QED) is 0.834. The third kappa shape index (κ3) is 3.76. The number of hydrogen-bond acceptors (Lipinski definition) is 3. The van der Waals surface area contributed by atoms with Gasteiger partial charge < -0.3 is 9.73 Å². The smallest absolute Gasteiger partial charge is 0.123 e. The van der Waals surface area contributed by atoms with Gasteiger partial charge in [0.25, 0.3) is 0 Å². The second-order valence-electron chi connectivity index (χ2n) is 4.24. The van der Waals surface area contributed by atoms with Crippen LogP contribution in [0.2, 0.25) is 0 Å². The lowest BCUT2D eigenvalue weighted by molar-refractivity contribution is 0.426. The molecule has 3 atom stereocenters. The van der Waals surface area contributed by atoms with Crippen LogP contribution in [0.1, 0.15) is 37.6 Å². The average molecular weight is 243 g/mol. The Balaban J connectivity index is 2.34. The molecule has 4 heteroatoms. The fourth-order valence-corrected chi connectivity index (χ4v) is 2.04. The highest BCUT2D eigenvalue weighted by Crippen LogP contribution is 2.17. The normalized spacial score (nSPS) is 17.0. The lowest BCUT2D eigenvalue weighted by Crippen LogP contribution is -2.24. The van der Waals surface area contributed by atoms with Crippen LogP contribution in [0.5, 0.6) is 0 Å². The molecule has 0 bridgehead atoms. The summed E-state index contributed by atoms with van der Waals surface area (Å²) >= 11 is 0. The van der Waals surface area contributed by atoms with Gasteiger partial charge in [0, 0.05) is 22.3 Å². The molecule has 0 spiro atoms. The molecule has 1 heterocycles. The fraction of sp³-hybridized carbons (Fsp3) is 0.667. The van der Waals surface area contributed by atoms with Crippen molar-refractivity contribution in [2.45, 2.75) is 38.5 Å². The first kappa shape index (κ1) is 13.5. The standard InChI is InChI=1S/C12H21NO2S/c1-9-6-8-15-12(9)11(3)13-7-5-10(2)16(4)14/h6,8,10-11,13H,5,7H2,1-4H3. The Morgan fingerprint density at radius 1 is 1.50 bits per heavy atom. The van der Waals surface area contributed by atoms with E-state index in [-0.39, 0.29) is 11.3 Å². The first-order chi connectivity index (χ1) is 7.52. The first-order valence-corrected chi connectivity index (χ1v) is 7.24. The monoisotopic (exact) mass is 243 g/mol. The molecule has 0 saturated heterocycles. The summed E-state index contributed by atoms with van der Waals surface area (Å²) < 4.78 is 16.6. The van der Waals surface area contributed by atoms with Gasteiger partial charge in [-0.25, -0.2) is 0 Å². The Morgan fingerprint density at radius 3 is 2.69 bits per heavy atom. The van der Waals surface area contributed by atoms with Crippen LogP contribution < -0.4 is 5.32 Å². The molecule has 1 N–H and O–H groups in total. The maximum absolute atomic E-state index is 11.2. The van der Waals surface area contributed by atoms with Crippen molar-refractivity contribution in [1.29, 1.82) is 0 Å². The van der Waals surface area contributed by atoms with Crippen LogP contribution >= 0.6 is 0 Å². The van der Waals surface area contributed by atoms with Gasteiger partial charge in [0.15, 0.2) is 0 Å². The van der Waals surface area contributed by atoms with Crippen LogP contribution in [0.15, 0.2) is 16.7 Å². The fourth-order valence-electron chi connectivity index (χ4n) is 1.59. The molecule has 0 aromatic carbocycles. The first-order valence-electron chi connectivity index (χ1n) is 5.62. The second-order valence-corrected chi connectivity index (χ2v) is 6.04. The number of nitrogens with one attached hydrogen (secondary N) is 1. The topological polar surface area (TPSA) is 42.2 Å². The van der Waals surface area contributed by atoms with Crippen molar-refractivity contribution >= 4 is 10.8 Å². The highest BCUT2D eigenvalue weighted by molar-refractivity contribution is 7.84. The molecule has 0 aliphatic carbocycles. The summed E-state index contributed by atoms with van der Waals surface area (Å²) in [5, 5.41) is 3.63. The van der Waals surface area contributed by atoms with Crippen molar-refractivity contribution < 1.29 is 8.63 Å². The average Bonchev–Trinajstić information content (AvgIpc) is 2.64. The third-order valence-electron chi connectivity index (χ3n) is 2.86. The van der Waals surface area contributed by atoms with E-state index in [1.807, 2.05) is 19.9 Å². The third-order valence-corrected chi connectivity index (χ3v) is 4.23. The van der Waals surface area contributed by atoms with Gasteiger partial charge in [-0.1, -0.05) is 6.92 Å². The highest BCUT2D eigenvalue weighted by Gasteiger charge is 2.12. The van der Waals surface area contributed by atoms with Crippen molar-refractivity contribution in [3.63, 3.8) is 0 Å². The van der Waals surface area contributed by atoms with Gasteiger partial charge in [0.2, 0.25) is 0 Å². The minimum Gasteiger partial charge on any atom is -0.467 e. The van der Waals surface area contributed by atoms with Gasteiger partial charge in [-0.2, -0.15) is 0 Å². The molecule has 3 nitrogen and oxygen atoms in total. The molecule has 1 aromatic rings. The molecule has 0 amide bonds. The summed E-state index contributed by atoms with van der Waals surface area (Å²) in [6.07, 6.45) is 4.39. The summed E-state index contributed by atoms with van der Waals surface area (Å²) in [4.78, 5) is 0. The van der Waals surface area contributed by atoms with Crippen molar-refractivity contribution in [2.75, 3.05) is 12.8 Å². The number of furan rings is 1. The Labute approximate surface area is 100 Å². The van der Waals surface area contributed by atoms with Crippen LogP contribution in [0.3, 0.4) is 0 Å². The van der Waals surface area contributed by atoms with E-state index >= 15 is 0 Å². The number of hydrogen-bond donors (Lipinski definition) is 1. The zero-order chi connectivity index (χ0) is 12.1. The Kier molecular flexibility index (Phi) is 5.22. The molecule has 0 saturated carbocycles. The molecule has 1 aromatic heterocycles. The molecule has 0 fully saturated rings. The maximum Gasteiger partial charge on any atom is 0.123 e. The molecule has 0 radical (unpaired) electrons. The van der Waals surface area contributed by atoms with Crippen LogP contribution in [0.25, 0.3) is 0 Å². The minimum absolute atomic E-state index is 0.215. The molecule has 0 aliphatic heterocycles. The minimum atomic E-state index is -0.730. The Morgan fingerprint density at radius 2 is 2.19 bits per heavy atom. The van der Waals surface area contributed by atoms with Gasteiger partial charge in [0.05, 0.1) is 12.3 Å². The summed E-state index contributed by atoms with van der Waals surface area (Å²) in [6, 6.07) is 2.18. The summed E-state index contributed by atoms with van der Waals surface area (Å²) in [7, 11) is -0.730. The van der Waals surface area contributed by atoms with E-state index in [0.717, 1.165) is 18.7 Å². The number of rotatable bonds is 6. The van der Waals surface area contributed by atoms with Crippen LogP contribution in [0.4, 0.5) is 0 Å². The highest BCUT2D eigenvalue weighted by atomic mass is 32.2. The predicted molar refractivity (Wildman–Crippen MR) is 68.0 cm³/mol. The number of aryl methyl sites for hydroxylation is 1. The Hall–Kier alpha value is -0.610. The summed E-state index contributed by atoms with van der Waals surface area (Å²) in [5.41, 5.74) is 1.17. The van der Waals surface area contributed by atoms with E-state index in [2.05, 4.69) is 12.2 Å². The zero-order valence-corrected chi connectivity index (χ0v) is 11.3. The van der Waals surface area contributed by atoms with Crippen molar-refractivity contribution in [1.82, 2.24) is 5.32 Å². The summed E-state index contributed by atoms with van der Waals surface area (Å²) in [6.45, 7) is 7.00. The molecule has 0 aliphatic rings. The van der Waals surface area contributed by atoms with E-state index in [9.17, 15) is 4.21 Å². The van der Waals surface area contributed by atoms with Crippen LogP contribution in [0, 0.1) is 6.92 Å². The molecular weight excluding hydrogens is 222 g/mol. The largest absolute Gasteiger partial charge is 0.467 e. The molecule has 92 valence electrons. The molecular formula is C12H21NO2S. The zero-order valence-electron chi connectivity index (χ0n) is 10.4. The van der Waals surface area contributed by atoms with Gasteiger partial charge in [-0.3, -0.25) is 4.21 Å². The lowest BCUT2D eigenvalue weighted by atomic mass is 10.1. The second kappa shape index (κ2) is 6.21. The molecule has 16 heavy (non-hydrogen) atoms. The van der Waals surface area contributed by atoms with Crippen LogP contribution in [-0.2, 0) is 10.8 Å². The maximum atomic E-state index is 11.2. The van der Waals surface area contributed by atoms with Crippen LogP contribution in [-0.4, -0.2) is 22.3 Å². The van der Waals surface area contributed by atoms with Gasteiger partial charge in [0.1, 0.15) is 5.76 Å². The van der Waals surface area contributed by atoms with E-state index in [1.54, 1.807) is 12.5 Å². The van der Waals surface area contributed by atoms with Gasteiger partial charge >= 0.3 is 0 Å². The van der Waals surface area contributed by atoms with Gasteiger partial charge in [-0.15, -0.1) is 0 Å². The van der Waals surface area contributed by atoms with E-state index in [1.165, 1.54) is 5.56 Å². The van der Waals surface area contributed by atoms with Crippen molar-refractivity contribution in [3.8, 4) is 0 Å². The van der Waals surface area contributed by atoms with E-state index < -0.39 is 10.8 Å². The molecule has 3 unspecified atom stereocenters. The van der Waals surface area contributed by atoms with Crippen molar-refractivity contribution in [3.05, 3.63) is 23.7 Å². The van der Waals surface area contributed by atoms with E-state index in [4.69, 9.17) is 4.42 Å². The van der Waals surface area contributed by atoms with Crippen molar-refractivity contribution in [2.24, 2.45) is 0 Å². The SMILES string of the molecule is Cc1ccoc1C(C)NCCC(C)S(C)=O.